The molecule has 4 heteroatoms. The first-order valence-electron chi connectivity index (χ1n) is 3.90. The molecule has 4 nitrogen and oxygen atoms in total. The molecule has 2 heterocycles. The molecule has 1 aromatic heterocycles. The average Bonchev–Trinajstić information content (AvgIpc) is 2.27. The van der Waals surface area contributed by atoms with Gasteiger partial charge in [0, 0.05) is 13.5 Å². The molecule has 1 aliphatic rings. The maximum Gasteiger partial charge on any atom is 0.132 e. The second-order valence-electron chi connectivity index (χ2n) is 3.09. The lowest BCUT2D eigenvalue weighted by atomic mass is 9.99. The van der Waals surface area contributed by atoms with Crippen LogP contribution in [0.25, 0.3) is 0 Å². The average molecular weight is 152 g/mol. The highest BCUT2D eigenvalue weighted by Crippen LogP contribution is 2.08. The standard InChI is InChI=1S/C7H12N4/c1-11-5-9-10-7(11)2-6-3-8-4-6/h5-6,8H,2-4H2,1H3. The lowest BCUT2D eigenvalue weighted by Crippen LogP contribution is -2.43. The van der Waals surface area contributed by atoms with Crippen molar-refractivity contribution in [2.24, 2.45) is 13.0 Å². The number of rotatable bonds is 2. The zero-order valence-corrected chi connectivity index (χ0v) is 6.62. The van der Waals surface area contributed by atoms with Gasteiger partial charge in [-0.1, -0.05) is 0 Å². The van der Waals surface area contributed by atoms with Crippen molar-refractivity contribution in [1.82, 2.24) is 20.1 Å². The summed E-state index contributed by atoms with van der Waals surface area (Å²) in [4.78, 5) is 0. The van der Waals surface area contributed by atoms with E-state index in [1.165, 1.54) is 0 Å². The van der Waals surface area contributed by atoms with Crippen LogP contribution in [-0.2, 0) is 13.5 Å². The lowest BCUT2D eigenvalue weighted by molar-refractivity contribution is 0.338. The van der Waals surface area contributed by atoms with E-state index in [4.69, 9.17) is 0 Å². The Bertz CT molecular complexity index is 238. The highest BCUT2D eigenvalue weighted by molar-refractivity contribution is 4.90. The fraction of sp³-hybridized carbons (Fsp3) is 0.714. The molecule has 11 heavy (non-hydrogen) atoms. The highest BCUT2D eigenvalue weighted by atomic mass is 15.2. The second-order valence-corrected chi connectivity index (χ2v) is 3.09. The van der Waals surface area contributed by atoms with Crippen molar-refractivity contribution < 1.29 is 0 Å². The van der Waals surface area contributed by atoms with Gasteiger partial charge in [0.1, 0.15) is 12.2 Å². The number of hydrogen-bond donors (Lipinski definition) is 1. The summed E-state index contributed by atoms with van der Waals surface area (Å²) in [5, 5.41) is 11.1. The molecule has 0 aliphatic carbocycles. The van der Waals surface area contributed by atoms with Crippen molar-refractivity contribution in [2.45, 2.75) is 6.42 Å². The van der Waals surface area contributed by atoms with E-state index in [1.54, 1.807) is 6.33 Å². The minimum atomic E-state index is 0.776. The smallest absolute Gasteiger partial charge is 0.132 e. The summed E-state index contributed by atoms with van der Waals surface area (Å²) in [6.45, 7) is 2.26. The predicted octanol–water partition coefficient (Wildman–Crippen LogP) is -0.423. The predicted molar refractivity (Wildman–Crippen MR) is 41.1 cm³/mol. The molecule has 60 valence electrons. The van der Waals surface area contributed by atoms with Gasteiger partial charge < -0.3 is 9.88 Å². The van der Waals surface area contributed by atoms with Crippen LogP contribution in [0.2, 0.25) is 0 Å². The van der Waals surface area contributed by atoms with Gasteiger partial charge in [0.25, 0.3) is 0 Å². The lowest BCUT2D eigenvalue weighted by Gasteiger charge is -2.26. The van der Waals surface area contributed by atoms with E-state index in [2.05, 4.69) is 15.5 Å². The molecule has 2 rings (SSSR count). The molecule has 0 saturated carbocycles. The van der Waals surface area contributed by atoms with Gasteiger partial charge in [-0.2, -0.15) is 0 Å². The molecule has 0 atom stereocenters. The molecule has 1 fully saturated rings. The largest absolute Gasteiger partial charge is 0.321 e. The Balaban J connectivity index is 1.99. The van der Waals surface area contributed by atoms with Crippen molar-refractivity contribution in [3.05, 3.63) is 12.2 Å². The maximum atomic E-state index is 4.02. The number of nitrogens with one attached hydrogen (secondary N) is 1. The van der Waals surface area contributed by atoms with Gasteiger partial charge in [-0.3, -0.25) is 0 Å². The first-order valence-corrected chi connectivity index (χ1v) is 3.90. The van der Waals surface area contributed by atoms with Crippen molar-refractivity contribution in [2.75, 3.05) is 13.1 Å². The van der Waals surface area contributed by atoms with Crippen molar-refractivity contribution >= 4 is 0 Å². The molecule has 0 aromatic carbocycles. The minimum Gasteiger partial charge on any atom is -0.321 e. The summed E-state index contributed by atoms with van der Waals surface area (Å²) in [5.41, 5.74) is 0. The summed E-state index contributed by atoms with van der Waals surface area (Å²) >= 11 is 0. The highest BCUT2D eigenvalue weighted by Gasteiger charge is 2.18. The van der Waals surface area contributed by atoms with Gasteiger partial charge in [-0.15, -0.1) is 10.2 Å². The SMILES string of the molecule is Cn1cnnc1CC1CNC1. The van der Waals surface area contributed by atoms with Crippen LogP contribution in [-0.4, -0.2) is 27.9 Å². The molecule has 0 spiro atoms. The van der Waals surface area contributed by atoms with Gasteiger partial charge in [0.15, 0.2) is 0 Å². The number of nitrogens with zero attached hydrogens (tertiary/aromatic N) is 3. The summed E-state index contributed by atoms with van der Waals surface area (Å²) < 4.78 is 1.98. The molecule has 0 unspecified atom stereocenters. The minimum absolute atomic E-state index is 0.776. The van der Waals surface area contributed by atoms with Crippen LogP contribution in [0.1, 0.15) is 5.82 Å². The van der Waals surface area contributed by atoms with Crippen LogP contribution in [0.4, 0.5) is 0 Å². The van der Waals surface area contributed by atoms with Gasteiger partial charge in [0.05, 0.1) is 0 Å². The third-order valence-electron chi connectivity index (χ3n) is 2.14. The van der Waals surface area contributed by atoms with Gasteiger partial charge in [-0.05, 0) is 19.0 Å². The van der Waals surface area contributed by atoms with Gasteiger partial charge in [-0.25, -0.2) is 0 Å². The monoisotopic (exact) mass is 152 g/mol. The fourth-order valence-electron chi connectivity index (χ4n) is 1.24. The fourth-order valence-corrected chi connectivity index (χ4v) is 1.24. The van der Waals surface area contributed by atoms with Crippen molar-refractivity contribution in [3.8, 4) is 0 Å². The third kappa shape index (κ3) is 1.26. The Morgan fingerprint density at radius 2 is 2.55 bits per heavy atom. The van der Waals surface area contributed by atoms with Crippen molar-refractivity contribution in [1.29, 1.82) is 0 Å². The molecule has 1 aromatic rings. The van der Waals surface area contributed by atoms with Crippen LogP contribution in [0, 0.1) is 5.92 Å². The zero-order chi connectivity index (χ0) is 7.68. The van der Waals surface area contributed by atoms with Crippen LogP contribution < -0.4 is 5.32 Å². The Kier molecular flexibility index (Phi) is 1.62. The molecular formula is C7H12N4. The molecule has 0 bridgehead atoms. The van der Waals surface area contributed by atoms with Crippen LogP contribution >= 0.6 is 0 Å². The number of aromatic nitrogens is 3. The Labute approximate surface area is 65.6 Å². The Morgan fingerprint density at radius 3 is 3.00 bits per heavy atom. The van der Waals surface area contributed by atoms with Crippen LogP contribution in [0.5, 0.6) is 0 Å². The first-order chi connectivity index (χ1) is 5.36. The van der Waals surface area contributed by atoms with E-state index in [-0.39, 0.29) is 0 Å². The van der Waals surface area contributed by atoms with E-state index in [9.17, 15) is 0 Å². The number of hydrogen-bond acceptors (Lipinski definition) is 3. The van der Waals surface area contributed by atoms with Gasteiger partial charge in [0.2, 0.25) is 0 Å². The molecule has 0 radical (unpaired) electrons. The maximum absolute atomic E-state index is 4.02. The third-order valence-corrected chi connectivity index (χ3v) is 2.14. The molecular weight excluding hydrogens is 140 g/mol. The first kappa shape index (κ1) is 6.79. The van der Waals surface area contributed by atoms with E-state index >= 15 is 0 Å². The number of aryl methyl sites for hydroxylation is 1. The molecule has 1 aliphatic heterocycles. The summed E-state index contributed by atoms with van der Waals surface area (Å²) in [7, 11) is 1.99. The Morgan fingerprint density at radius 1 is 1.73 bits per heavy atom. The van der Waals surface area contributed by atoms with Crippen LogP contribution in [0.15, 0.2) is 6.33 Å². The topological polar surface area (TPSA) is 42.7 Å². The molecule has 0 amide bonds. The summed E-state index contributed by atoms with van der Waals surface area (Å²) in [5.74, 6) is 1.87. The second kappa shape index (κ2) is 2.62. The van der Waals surface area contributed by atoms with E-state index in [0.29, 0.717) is 0 Å². The van der Waals surface area contributed by atoms with E-state index in [1.807, 2.05) is 11.6 Å². The summed E-state index contributed by atoms with van der Waals surface area (Å²) in [6, 6.07) is 0. The normalized spacial score (nSPS) is 18.3. The molecule has 1 saturated heterocycles. The van der Waals surface area contributed by atoms with Crippen LogP contribution in [0.3, 0.4) is 0 Å². The quantitative estimate of drug-likeness (QED) is 0.625. The van der Waals surface area contributed by atoms with Gasteiger partial charge >= 0.3 is 0 Å². The van der Waals surface area contributed by atoms with E-state index < -0.39 is 0 Å². The Hall–Kier alpha value is -0.900. The zero-order valence-electron chi connectivity index (χ0n) is 6.62. The molecule has 1 N–H and O–H groups in total. The van der Waals surface area contributed by atoms with Crippen molar-refractivity contribution in [3.63, 3.8) is 0 Å². The summed E-state index contributed by atoms with van der Waals surface area (Å²) in [6.07, 6.45) is 2.81. The van der Waals surface area contributed by atoms with E-state index in [0.717, 1.165) is 31.3 Å².